The van der Waals surface area contributed by atoms with Crippen LogP contribution in [0, 0.1) is 34.5 Å². The lowest BCUT2D eigenvalue weighted by molar-refractivity contribution is -0.182. The summed E-state index contributed by atoms with van der Waals surface area (Å²) in [5, 5.41) is 23.6. The predicted molar refractivity (Wildman–Crippen MR) is 181 cm³/mol. The molecule has 0 bridgehead atoms. The van der Waals surface area contributed by atoms with E-state index in [1.165, 1.54) is 0 Å². The maximum absolute atomic E-state index is 13.6. The van der Waals surface area contributed by atoms with Gasteiger partial charge in [0.05, 0.1) is 6.10 Å². The number of likely N-dealkylation sites (N-methyl/N-ethyl adjacent to an activating group) is 2. The second kappa shape index (κ2) is 15.5. The standard InChI is InChI=1S/C38H60N2O7/c1-7-39(8-2)20-21-40(9-3)33(44)14-12-10-11-13-15-34(45)47-25-32(43)38(46)19-17-29-28-22-26(4)30-23-27(41)16-18-36(30,5)35(28)31(42)24-37(29,38)6/h16,18,23,26,28-29,31,35,42,46H,7-15,17,19-22,24-25H2,1-6H3/t26-,28-,29-,31-,35+,36-,37-,38-/m0/s1. The Balaban J connectivity index is 1.23. The van der Waals surface area contributed by atoms with Crippen LogP contribution >= 0.6 is 0 Å². The number of aliphatic hydroxyl groups is 2. The number of allylic oxidation sites excluding steroid dienone is 4. The van der Waals surface area contributed by atoms with Gasteiger partial charge in [-0.3, -0.25) is 19.2 Å². The molecule has 0 aromatic heterocycles. The van der Waals surface area contributed by atoms with Crippen LogP contribution in [0.2, 0.25) is 0 Å². The van der Waals surface area contributed by atoms with Gasteiger partial charge in [0.25, 0.3) is 0 Å². The molecule has 0 aromatic carbocycles. The molecule has 8 atom stereocenters. The number of ketones is 2. The zero-order valence-corrected chi connectivity index (χ0v) is 29.8. The zero-order valence-electron chi connectivity index (χ0n) is 29.8. The largest absolute Gasteiger partial charge is 0.458 e. The normalized spacial score (nSPS) is 34.4. The highest BCUT2D eigenvalue weighted by Crippen LogP contribution is 2.67. The van der Waals surface area contributed by atoms with Crippen molar-refractivity contribution in [1.29, 1.82) is 0 Å². The molecule has 1 amide bonds. The minimum atomic E-state index is -1.67. The Bertz CT molecular complexity index is 1230. The molecule has 9 heteroatoms. The zero-order chi connectivity index (χ0) is 34.6. The van der Waals surface area contributed by atoms with E-state index in [1.54, 1.807) is 12.2 Å². The number of rotatable bonds is 16. The third kappa shape index (κ3) is 7.47. The molecule has 3 saturated carbocycles. The van der Waals surface area contributed by atoms with Gasteiger partial charge in [-0.2, -0.15) is 0 Å². The highest BCUT2D eigenvalue weighted by molar-refractivity contribution is 6.01. The van der Waals surface area contributed by atoms with Gasteiger partial charge in [0, 0.05) is 49.2 Å². The Labute approximate surface area is 282 Å². The summed E-state index contributed by atoms with van der Waals surface area (Å²) in [5.74, 6) is -0.589. The highest BCUT2D eigenvalue weighted by Gasteiger charge is 2.68. The van der Waals surface area contributed by atoms with Crippen LogP contribution in [0.15, 0.2) is 23.8 Å². The van der Waals surface area contributed by atoms with Crippen molar-refractivity contribution < 1.29 is 34.1 Å². The molecule has 0 radical (unpaired) electrons. The SMILES string of the molecule is CCN(CC)CCN(CC)C(=O)CCCCCCC(=O)OCC(=O)[C@@]1(O)CC[C@H]2[C@@H]3C[C@H](C)C4=CC(=O)C=C[C@]4(C)[C@H]3[C@@H](O)C[C@@]21C. The number of carbonyl (C=O) groups is 4. The highest BCUT2D eigenvalue weighted by atomic mass is 16.5. The molecule has 3 fully saturated rings. The molecule has 264 valence electrons. The topological polar surface area (TPSA) is 124 Å². The molecule has 0 saturated heterocycles. The molecule has 0 unspecified atom stereocenters. The van der Waals surface area contributed by atoms with Crippen LogP contribution in [0.3, 0.4) is 0 Å². The summed E-state index contributed by atoms with van der Waals surface area (Å²) in [6, 6.07) is 0. The smallest absolute Gasteiger partial charge is 0.306 e. The van der Waals surface area contributed by atoms with Crippen LogP contribution < -0.4 is 0 Å². The molecule has 9 nitrogen and oxygen atoms in total. The second-order valence-electron chi connectivity index (χ2n) is 15.1. The van der Waals surface area contributed by atoms with Crippen LogP contribution in [-0.4, -0.2) is 94.5 Å². The van der Waals surface area contributed by atoms with Crippen molar-refractivity contribution in [2.75, 3.05) is 39.3 Å². The molecular formula is C38H60N2O7. The summed E-state index contributed by atoms with van der Waals surface area (Å²) >= 11 is 0. The van der Waals surface area contributed by atoms with E-state index in [4.69, 9.17) is 4.74 Å². The first kappa shape index (κ1) is 37.5. The van der Waals surface area contributed by atoms with E-state index in [0.717, 1.165) is 57.4 Å². The van der Waals surface area contributed by atoms with Gasteiger partial charge < -0.3 is 24.7 Å². The van der Waals surface area contributed by atoms with Gasteiger partial charge in [0.2, 0.25) is 11.7 Å². The van der Waals surface area contributed by atoms with Crippen molar-refractivity contribution in [2.45, 2.75) is 117 Å². The summed E-state index contributed by atoms with van der Waals surface area (Å²) in [7, 11) is 0. The quantitative estimate of drug-likeness (QED) is 0.178. The summed E-state index contributed by atoms with van der Waals surface area (Å²) in [6.07, 6.45) is 10.3. The Morgan fingerprint density at radius 1 is 1.00 bits per heavy atom. The van der Waals surface area contributed by atoms with Crippen molar-refractivity contribution in [1.82, 2.24) is 9.80 Å². The van der Waals surface area contributed by atoms with Crippen LogP contribution in [0.4, 0.5) is 0 Å². The second-order valence-corrected chi connectivity index (χ2v) is 15.1. The first-order chi connectivity index (χ1) is 22.2. The number of hydrogen-bond acceptors (Lipinski definition) is 8. The van der Waals surface area contributed by atoms with E-state index in [0.29, 0.717) is 25.8 Å². The van der Waals surface area contributed by atoms with Crippen LogP contribution in [0.5, 0.6) is 0 Å². The van der Waals surface area contributed by atoms with Crippen molar-refractivity contribution in [2.24, 2.45) is 34.5 Å². The first-order valence-electron chi connectivity index (χ1n) is 18.3. The van der Waals surface area contributed by atoms with Crippen molar-refractivity contribution in [3.05, 3.63) is 23.8 Å². The van der Waals surface area contributed by atoms with Gasteiger partial charge in [-0.05, 0) is 88.4 Å². The van der Waals surface area contributed by atoms with Gasteiger partial charge in [0.1, 0.15) is 5.60 Å². The average Bonchev–Trinajstić information content (AvgIpc) is 3.31. The molecule has 0 aliphatic heterocycles. The number of ether oxygens (including phenoxy) is 1. The fourth-order valence-corrected chi connectivity index (χ4v) is 9.87. The summed E-state index contributed by atoms with van der Waals surface area (Å²) in [6.45, 7) is 16.3. The summed E-state index contributed by atoms with van der Waals surface area (Å²) < 4.78 is 5.38. The molecule has 4 aliphatic rings. The van der Waals surface area contributed by atoms with E-state index in [1.807, 2.05) is 24.8 Å². The van der Waals surface area contributed by atoms with Gasteiger partial charge in [-0.15, -0.1) is 0 Å². The van der Waals surface area contributed by atoms with Crippen molar-refractivity contribution >= 4 is 23.4 Å². The molecule has 4 aliphatic carbocycles. The fraction of sp³-hybridized carbons (Fsp3) is 0.789. The number of Topliss-reactive ketones (excluding diaryl/α,β-unsaturated/α-hetero) is 1. The van der Waals surface area contributed by atoms with Crippen molar-refractivity contribution in [3.63, 3.8) is 0 Å². The number of nitrogens with zero attached hydrogens (tertiary/aromatic N) is 2. The number of fused-ring (bicyclic) bond motifs is 5. The lowest BCUT2D eigenvalue weighted by Crippen LogP contribution is -2.62. The number of aliphatic hydroxyl groups excluding tert-OH is 1. The van der Waals surface area contributed by atoms with Gasteiger partial charge >= 0.3 is 5.97 Å². The number of hydrogen-bond donors (Lipinski definition) is 2. The van der Waals surface area contributed by atoms with Gasteiger partial charge in [-0.25, -0.2) is 0 Å². The molecule has 47 heavy (non-hydrogen) atoms. The van der Waals surface area contributed by atoms with Crippen LogP contribution in [0.1, 0.15) is 106 Å². The third-order valence-corrected chi connectivity index (χ3v) is 12.6. The maximum Gasteiger partial charge on any atom is 0.306 e. The Morgan fingerprint density at radius 3 is 2.34 bits per heavy atom. The number of amides is 1. The monoisotopic (exact) mass is 656 g/mol. The predicted octanol–water partition coefficient (Wildman–Crippen LogP) is 4.89. The number of esters is 1. The minimum Gasteiger partial charge on any atom is -0.458 e. The van der Waals surface area contributed by atoms with E-state index < -0.39 is 40.9 Å². The Hall–Kier alpha value is -2.36. The van der Waals surface area contributed by atoms with E-state index in [9.17, 15) is 29.4 Å². The molecule has 0 aromatic rings. The minimum absolute atomic E-state index is 0.0134. The van der Waals surface area contributed by atoms with Crippen LogP contribution in [-0.2, 0) is 23.9 Å². The molecular weight excluding hydrogens is 596 g/mol. The van der Waals surface area contributed by atoms with E-state index in [-0.39, 0.29) is 54.6 Å². The van der Waals surface area contributed by atoms with Gasteiger partial charge in [-0.1, -0.05) is 59.1 Å². The molecule has 0 spiro atoms. The van der Waals surface area contributed by atoms with Crippen LogP contribution in [0.25, 0.3) is 0 Å². The summed E-state index contributed by atoms with van der Waals surface area (Å²) in [4.78, 5) is 55.2. The maximum atomic E-state index is 13.6. The first-order valence-corrected chi connectivity index (χ1v) is 18.3. The van der Waals surface area contributed by atoms with E-state index >= 15 is 0 Å². The van der Waals surface area contributed by atoms with Gasteiger partial charge in [0.15, 0.2) is 12.4 Å². The lowest BCUT2D eigenvalue weighted by Gasteiger charge is -2.60. The molecule has 4 rings (SSSR count). The molecule has 0 heterocycles. The Morgan fingerprint density at radius 2 is 1.68 bits per heavy atom. The molecule has 2 N–H and O–H groups in total. The average molecular weight is 657 g/mol. The third-order valence-electron chi connectivity index (χ3n) is 12.6. The summed E-state index contributed by atoms with van der Waals surface area (Å²) in [5.41, 5.74) is -1.87. The Kier molecular flexibility index (Phi) is 12.3. The van der Waals surface area contributed by atoms with Crippen molar-refractivity contribution in [3.8, 4) is 0 Å². The lowest BCUT2D eigenvalue weighted by atomic mass is 9.45. The number of unbranched alkanes of at least 4 members (excludes halogenated alkanes) is 3. The number of carbonyl (C=O) groups excluding carboxylic acids is 4. The van der Waals surface area contributed by atoms with E-state index in [2.05, 4.69) is 32.6 Å². The fourth-order valence-electron chi connectivity index (χ4n) is 9.87.